The van der Waals surface area contributed by atoms with Gasteiger partial charge >= 0.3 is 5.97 Å². The van der Waals surface area contributed by atoms with Crippen LogP contribution >= 0.6 is 0 Å². The smallest absolute Gasteiger partial charge is 0.302 e. The van der Waals surface area contributed by atoms with Crippen molar-refractivity contribution >= 4 is 18.0 Å². The molecule has 0 spiro atoms. The van der Waals surface area contributed by atoms with Crippen molar-refractivity contribution in [3.8, 4) is 0 Å². The van der Waals surface area contributed by atoms with E-state index in [0.29, 0.717) is 6.42 Å². The summed E-state index contributed by atoms with van der Waals surface area (Å²) < 4.78 is 5.44. The molecule has 2 saturated carbocycles. The molecule has 2 aliphatic carbocycles. The average Bonchev–Trinajstić information content (AvgIpc) is 3.03. The van der Waals surface area contributed by atoms with Crippen LogP contribution in [0.3, 0.4) is 0 Å². The first kappa shape index (κ1) is 21.5. The second kappa shape index (κ2) is 8.96. The average molecular weight is 376 g/mol. The molecule has 0 aromatic heterocycles. The number of aliphatic hydroxyl groups is 1. The van der Waals surface area contributed by atoms with E-state index in [1.807, 2.05) is 27.7 Å². The number of ether oxygens (including phenoxy) is 1. The summed E-state index contributed by atoms with van der Waals surface area (Å²) in [6, 6.07) is 0. The second-order valence-electron chi connectivity index (χ2n) is 8.37. The molecule has 2 aliphatic rings. The van der Waals surface area contributed by atoms with E-state index in [-0.39, 0.29) is 35.9 Å². The predicted octanol–water partition coefficient (Wildman–Crippen LogP) is 3.26. The van der Waals surface area contributed by atoms with Crippen LogP contribution in [0.5, 0.6) is 0 Å². The van der Waals surface area contributed by atoms with Crippen LogP contribution in [-0.2, 0) is 19.1 Å². The van der Waals surface area contributed by atoms with Gasteiger partial charge in [-0.25, -0.2) is 0 Å². The number of carbonyl (C=O) groups is 3. The molecular weight excluding hydrogens is 344 g/mol. The lowest BCUT2D eigenvalue weighted by atomic mass is 9.72. The molecule has 0 aromatic carbocycles. The molecule has 5 heteroatoms. The standard InChI is InChI=1S/C22H32O5/c1-12(2)7-6-8-13(3)16-9-20(27-15(5)24)17(11-23)22(16)21-14(4)18(25)10-19(21)26/h7-8,11,14,16-18,20-22,25H,6,9-10H2,1-5H3/b13-8-/t14-,16+,17-,18+,20+,21-,22-/m1/s1. The predicted molar refractivity (Wildman–Crippen MR) is 103 cm³/mol. The highest BCUT2D eigenvalue weighted by atomic mass is 16.5. The summed E-state index contributed by atoms with van der Waals surface area (Å²) in [5, 5.41) is 10.2. The van der Waals surface area contributed by atoms with Crippen molar-refractivity contribution in [2.45, 2.75) is 66.1 Å². The van der Waals surface area contributed by atoms with Gasteiger partial charge in [0.15, 0.2) is 0 Å². The molecule has 2 fully saturated rings. The van der Waals surface area contributed by atoms with Gasteiger partial charge in [0.1, 0.15) is 18.2 Å². The maximum absolute atomic E-state index is 12.6. The third kappa shape index (κ3) is 4.75. The third-order valence-corrected chi connectivity index (χ3v) is 6.22. The molecule has 7 atom stereocenters. The molecule has 0 radical (unpaired) electrons. The van der Waals surface area contributed by atoms with E-state index in [1.54, 1.807) is 0 Å². The molecule has 1 N–H and O–H groups in total. The minimum Gasteiger partial charge on any atom is -0.462 e. The number of Topliss-reactive ketones (excluding diaryl/α,β-unsaturated/α-hetero) is 1. The highest BCUT2D eigenvalue weighted by Crippen LogP contribution is 2.50. The Labute approximate surface area is 161 Å². The molecule has 150 valence electrons. The molecular formula is C22H32O5. The molecule has 5 nitrogen and oxygen atoms in total. The van der Waals surface area contributed by atoms with Gasteiger partial charge in [-0.2, -0.15) is 0 Å². The van der Waals surface area contributed by atoms with Gasteiger partial charge in [0.2, 0.25) is 0 Å². The summed E-state index contributed by atoms with van der Waals surface area (Å²) in [5.41, 5.74) is 2.34. The maximum atomic E-state index is 12.6. The van der Waals surface area contributed by atoms with Gasteiger partial charge in [-0.15, -0.1) is 0 Å². The van der Waals surface area contributed by atoms with Crippen molar-refractivity contribution in [1.82, 2.24) is 0 Å². The number of aldehydes is 1. The lowest BCUT2D eigenvalue weighted by Crippen LogP contribution is -2.35. The van der Waals surface area contributed by atoms with E-state index < -0.39 is 24.1 Å². The van der Waals surface area contributed by atoms with Gasteiger partial charge in [-0.3, -0.25) is 9.59 Å². The number of aliphatic hydroxyl groups excluding tert-OH is 1. The van der Waals surface area contributed by atoms with E-state index in [2.05, 4.69) is 12.2 Å². The summed E-state index contributed by atoms with van der Waals surface area (Å²) in [7, 11) is 0. The Balaban J connectivity index is 2.38. The fraction of sp³-hybridized carbons (Fsp3) is 0.682. The number of hydrogen-bond acceptors (Lipinski definition) is 5. The van der Waals surface area contributed by atoms with E-state index in [9.17, 15) is 19.5 Å². The molecule has 0 heterocycles. The molecule has 27 heavy (non-hydrogen) atoms. The van der Waals surface area contributed by atoms with Crippen LogP contribution in [0.25, 0.3) is 0 Å². The Morgan fingerprint density at radius 3 is 2.37 bits per heavy atom. The van der Waals surface area contributed by atoms with Crippen LogP contribution < -0.4 is 0 Å². The second-order valence-corrected chi connectivity index (χ2v) is 8.37. The molecule has 0 aromatic rings. The molecule has 0 unspecified atom stereocenters. The SMILES string of the molecule is CC(=O)O[C@H]1C[C@@H](/C(C)=C\CC=C(C)C)[C@@H]([C@H]2C(=O)C[C@H](O)[C@H]2C)[C@@H]1C=O. The Hall–Kier alpha value is -1.75. The number of carbonyl (C=O) groups excluding carboxylic acids is 3. The van der Waals surface area contributed by atoms with Crippen molar-refractivity contribution in [1.29, 1.82) is 0 Å². The minimum absolute atomic E-state index is 0.0115. The molecule has 0 bridgehead atoms. The molecule has 0 amide bonds. The quantitative estimate of drug-likeness (QED) is 0.437. The Bertz CT molecular complexity index is 643. The lowest BCUT2D eigenvalue weighted by Gasteiger charge is -2.31. The van der Waals surface area contributed by atoms with Crippen molar-refractivity contribution in [2.24, 2.45) is 29.6 Å². The number of ketones is 1. The van der Waals surface area contributed by atoms with Crippen LogP contribution in [0.2, 0.25) is 0 Å². The molecule has 0 aliphatic heterocycles. The lowest BCUT2D eigenvalue weighted by molar-refractivity contribution is -0.149. The fourth-order valence-corrected chi connectivity index (χ4v) is 4.84. The zero-order valence-electron chi connectivity index (χ0n) is 17.0. The van der Waals surface area contributed by atoms with E-state index in [4.69, 9.17) is 4.74 Å². The van der Waals surface area contributed by atoms with Gasteiger partial charge in [0.25, 0.3) is 0 Å². The number of rotatable bonds is 6. The molecule has 0 saturated heterocycles. The van der Waals surface area contributed by atoms with Gasteiger partial charge < -0.3 is 14.6 Å². The number of esters is 1. The van der Waals surface area contributed by atoms with Crippen LogP contribution in [0.15, 0.2) is 23.3 Å². The minimum atomic E-state index is -0.668. The van der Waals surface area contributed by atoms with E-state index >= 15 is 0 Å². The first-order chi connectivity index (χ1) is 12.7. The van der Waals surface area contributed by atoms with Crippen molar-refractivity contribution in [2.75, 3.05) is 0 Å². The van der Waals surface area contributed by atoms with Crippen LogP contribution in [0.4, 0.5) is 0 Å². The Morgan fingerprint density at radius 1 is 1.22 bits per heavy atom. The van der Waals surface area contributed by atoms with Crippen molar-refractivity contribution < 1.29 is 24.2 Å². The molecule has 2 rings (SSSR count). The van der Waals surface area contributed by atoms with Gasteiger partial charge in [-0.05, 0) is 51.4 Å². The van der Waals surface area contributed by atoms with Gasteiger partial charge in [0, 0.05) is 19.3 Å². The topological polar surface area (TPSA) is 80.7 Å². The number of allylic oxidation sites excluding steroid dienone is 4. The Kier molecular flexibility index (Phi) is 7.15. The summed E-state index contributed by atoms with van der Waals surface area (Å²) in [4.78, 5) is 36.1. The summed E-state index contributed by atoms with van der Waals surface area (Å²) in [6.45, 7) is 9.33. The highest BCUT2D eigenvalue weighted by molar-refractivity contribution is 5.85. The van der Waals surface area contributed by atoms with E-state index in [1.165, 1.54) is 12.5 Å². The normalized spacial score (nSPS) is 36.6. The van der Waals surface area contributed by atoms with Crippen LogP contribution in [-0.4, -0.2) is 35.4 Å². The van der Waals surface area contributed by atoms with Crippen molar-refractivity contribution in [3.63, 3.8) is 0 Å². The zero-order valence-corrected chi connectivity index (χ0v) is 17.0. The summed E-state index contributed by atoms with van der Waals surface area (Å²) >= 11 is 0. The summed E-state index contributed by atoms with van der Waals surface area (Å²) in [6.07, 6.45) is 5.38. The van der Waals surface area contributed by atoms with Crippen molar-refractivity contribution in [3.05, 3.63) is 23.3 Å². The maximum Gasteiger partial charge on any atom is 0.302 e. The monoisotopic (exact) mass is 376 g/mol. The van der Waals surface area contributed by atoms with Crippen LogP contribution in [0, 0.1) is 29.6 Å². The largest absolute Gasteiger partial charge is 0.462 e. The van der Waals surface area contributed by atoms with Gasteiger partial charge in [-0.1, -0.05) is 30.2 Å². The fourth-order valence-electron chi connectivity index (χ4n) is 4.84. The third-order valence-electron chi connectivity index (χ3n) is 6.22. The van der Waals surface area contributed by atoms with Crippen LogP contribution in [0.1, 0.15) is 53.9 Å². The zero-order chi connectivity index (χ0) is 20.3. The number of hydrogen-bond donors (Lipinski definition) is 1. The first-order valence-electron chi connectivity index (χ1n) is 9.80. The highest BCUT2D eigenvalue weighted by Gasteiger charge is 2.54. The van der Waals surface area contributed by atoms with Gasteiger partial charge in [0.05, 0.1) is 12.0 Å². The summed E-state index contributed by atoms with van der Waals surface area (Å²) in [5.74, 6) is -1.76. The Morgan fingerprint density at radius 2 is 1.89 bits per heavy atom. The van der Waals surface area contributed by atoms with E-state index in [0.717, 1.165) is 18.3 Å². The first-order valence-corrected chi connectivity index (χ1v) is 9.80.